The Kier molecular flexibility index (Phi) is 3.85. The molecule has 1 heterocycles. The molecule has 0 saturated carbocycles. The number of nitrogens with one attached hydrogen (secondary N) is 1. The van der Waals surface area contributed by atoms with Crippen molar-refractivity contribution in [2.75, 3.05) is 5.32 Å². The van der Waals surface area contributed by atoms with Crippen molar-refractivity contribution >= 4 is 17.2 Å². The van der Waals surface area contributed by atoms with Crippen LogP contribution in [0.25, 0.3) is 0 Å². The summed E-state index contributed by atoms with van der Waals surface area (Å²) < 4.78 is 5.74. The summed E-state index contributed by atoms with van der Waals surface area (Å²) in [5.74, 6) is 1.60. The van der Waals surface area contributed by atoms with E-state index in [1.54, 1.807) is 13.0 Å². The zero-order valence-electron chi connectivity index (χ0n) is 11.4. The average Bonchev–Trinajstić information content (AvgIpc) is 2.46. The number of rotatable bonds is 1. The van der Waals surface area contributed by atoms with E-state index in [9.17, 15) is 4.79 Å². The summed E-state index contributed by atoms with van der Waals surface area (Å²) >= 11 is 0. The molecule has 0 spiro atoms. The molecular formula is C16H17NO2. The molecule has 98 valence electrons. The van der Waals surface area contributed by atoms with Crippen molar-refractivity contribution in [3.8, 4) is 11.5 Å². The van der Waals surface area contributed by atoms with Crippen molar-refractivity contribution in [1.82, 2.24) is 0 Å². The van der Waals surface area contributed by atoms with E-state index in [-0.39, 0.29) is 5.78 Å². The maximum atomic E-state index is 11.3. The minimum absolute atomic E-state index is 0.0495. The highest BCUT2D eigenvalue weighted by Crippen LogP contribution is 2.41. The maximum Gasteiger partial charge on any atom is 0.159 e. The molecule has 3 rings (SSSR count). The number of fused-ring (bicyclic) bond motifs is 2. The SMILES string of the molecule is CC.CC(=O)c1ccc2c(c1)Nc1ccccc1O2. The van der Waals surface area contributed by atoms with Crippen LogP contribution in [0.1, 0.15) is 31.1 Å². The largest absolute Gasteiger partial charge is 0.453 e. The zero-order chi connectivity index (χ0) is 13.8. The van der Waals surface area contributed by atoms with Crippen molar-refractivity contribution in [3.63, 3.8) is 0 Å². The second kappa shape index (κ2) is 5.57. The third kappa shape index (κ3) is 2.60. The van der Waals surface area contributed by atoms with Gasteiger partial charge in [0.15, 0.2) is 17.3 Å². The van der Waals surface area contributed by atoms with Gasteiger partial charge in [-0.05, 0) is 37.3 Å². The van der Waals surface area contributed by atoms with E-state index in [4.69, 9.17) is 4.74 Å². The predicted molar refractivity (Wildman–Crippen MR) is 77.6 cm³/mol. The molecule has 0 radical (unpaired) electrons. The molecule has 2 aromatic rings. The van der Waals surface area contributed by atoms with Crippen molar-refractivity contribution in [2.24, 2.45) is 0 Å². The highest BCUT2D eigenvalue weighted by atomic mass is 16.5. The van der Waals surface area contributed by atoms with Crippen LogP contribution >= 0.6 is 0 Å². The van der Waals surface area contributed by atoms with Crippen LogP contribution in [-0.2, 0) is 0 Å². The Bertz CT molecular complexity index is 605. The van der Waals surface area contributed by atoms with Crippen LogP contribution in [0.5, 0.6) is 11.5 Å². The van der Waals surface area contributed by atoms with E-state index in [0.29, 0.717) is 5.56 Å². The highest BCUT2D eigenvalue weighted by Gasteiger charge is 2.16. The number of carbonyl (C=O) groups is 1. The number of hydrogen-bond donors (Lipinski definition) is 1. The van der Waals surface area contributed by atoms with E-state index in [1.165, 1.54) is 0 Å². The molecule has 3 heteroatoms. The Hall–Kier alpha value is -2.29. The molecule has 3 nitrogen and oxygen atoms in total. The number of anilines is 2. The van der Waals surface area contributed by atoms with Crippen molar-refractivity contribution in [3.05, 3.63) is 48.0 Å². The van der Waals surface area contributed by atoms with Crippen LogP contribution in [0, 0.1) is 0 Å². The lowest BCUT2D eigenvalue weighted by molar-refractivity contribution is 0.101. The molecule has 1 aliphatic heterocycles. The number of ether oxygens (including phenoxy) is 1. The lowest BCUT2D eigenvalue weighted by Crippen LogP contribution is -2.04. The maximum absolute atomic E-state index is 11.3. The Morgan fingerprint density at radius 3 is 2.42 bits per heavy atom. The fourth-order valence-electron chi connectivity index (χ4n) is 1.86. The monoisotopic (exact) mass is 255 g/mol. The van der Waals surface area contributed by atoms with Gasteiger partial charge in [0.25, 0.3) is 0 Å². The third-order valence-corrected chi connectivity index (χ3v) is 2.76. The number of para-hydroxylation sites is 2. The van der Waals surface area contributed by atoms with Gasteiger partial charge >= 0.3 is 0 Å². The van der Waals surface area contributed by atoms with Gasteiger partial charge in [0.2, 0.25) is 0 Å². The summed E-state index contributed by atoms with van der Waals surface area (Å²) in [4.78, 5) is 11.3. The van der Waals surface area contributed by atoms with Crippen LogP contribution in [0.2, 0.25) is 0 Å². The zero-order valence-corrected chi connectivity index (χ0v) is 11.4. The van der Waals surface area contributed by atoms with Crippen LogP contribution in [-0.4, -0.2) is 5.78 Å². The Balaban J connectivity index is 0.000000637. The minimum Gasteiger partial charge on any atom is -0.453 e. The van der Waals surface area contributed by atoms with Gasteiger partial charge in [-0.3, -0.25) is 4.79 Å². The van der Waals surface area contributed by atoms with Gasteiger partial charge < -0.3 is 10.1 Å². The van der Waals surface area contributed by atoms with Gasteiger partial charge in [-0.25, -0.2) is 0 Å². The summed E-state index contributed by atoms with van der Waals surface area (Å²) in [5.41, 5.74) is 2.43. The Morgan fingerprint density at radius 1 is 1.00 bits per heavy atom. The van der Waals surface area contributed by atoms with E-state index in [2.05, 4.69) is 5.32 Å². The fraction of sp³-hybridized carbons (Fsp3) is 0.188. The van der Waals surface area contributed by atoms with Crippen LogP contribution in [0.3, 0.4) is 0 Å². The molecule has 0 amide bonds. The first kappa shape index (κ1) is 13.1. The molecule has 0 saturated heterocycles. The smallest absolute Gasteiger partial charge is 0.159 e. The molecule has 0 fully saturated rings. The minimum atomic E-state index is 0.0495. The number of benzene rings is 2. The molecule has 1 aliphatic rings. The van der Waals surface area contributed by atoms with Gasteiger partial charge in [0.05, 0.1) is 11.4 Å². The number of carbonyl (C=O) groups excluding carboxylic acids is 1. The molecule has 2 aromatic carbocycles. The second-order valence-electron chi connectivity index (χ2n) is 3.99. The first-order chi connectivity index (χ1) is 9.24. The summed E-state index contributed by atoms with van der Waals surface area (Å²) in [5, 5.41) is 3.26. The van der Waals surface area contributed by atoms with Crippen molar-refractivity contribution in [2.45, 2.75) is 20.8 Å². The number of ketones is 1. The van der Waals surface area contributed by atoms with E-state index >= 15 is 0 Å². The third-order valence-electron chi connectivity index (χ3n) is 2.76. The first-order valence-electron chi connectivity index (χ1n) is 6.43. The molecule has 1 N–H and O–H groups in total. The lowest BCUT2D eigenvalue weighted by Gasteiger charge is -2.21. The second-order valence-corrected chi connectivity index (χ2v) is 3.99. The molecular weight excluding hydrogens is 238 g/mol. The summed E-state index contributed by atoms with van der Waals surface area (Å²) in [6.45, 7) is 5.55. The lowest BCUT2D eigenvalue weighted by atomic mass is 10.1. The number of Topliss-reactive ketones (excluding diaryl/α,β-unsaturated/α-hetero) is 1. The summed E-state index contributed by atoms with van der Waals surface area (Å²) in [6.07, 6.45) is 0. The number of hydrogen-bond acceptors (Lipinski definition) is 3. The topological polar surface area (TPSA) is 38.3 Å². The standard InChI is InChI=1S/C14H11NO2.C2H6/c1-9(16)10-6-7-14-12(8-10)15-11-4-2-3-5-13(11)17-14;1-2/h2-8,15H,1H3;1-2H3. The van der Waals surface area contributed by atoms with Gasteiger partial charge in [-0.15, -0.1) is 0 Å². The fourth-order valence-corrected chi connectivity index (χ4v) is 1.86. The average molecular weight is 255 g/mol. The Morgan fingerprint density at radius 2 is 1.68 bits per heavy atom. The van der Waals surface area contributed by atoms with E-state index < -0.39 is 0 Å². The van der Waals surface area contributed by atoms with Crippen molar-refractivity contribution in [1.29, 1.82) is 0 Å². The first-order valence-corrected chi connectivity index (χ1v) is 6.43. The predicted octanol–water partition coefficient (Wildman–Crippen LogP) is 4.76. The van der Waals surface area contributed by atoms with Crippen LogP contribution < -0.4 is 10.1 Å². The molecule has 0 unspecified atom stereocenters. The van der Waals surface area contributed by atoms with Gasteiger partial charge in [0, 0.05) is 5.56 Å². The normalized spacial score (nSPS) is 10.9. The van der Waals surface area contributed by atoms with Gasteiger partial charge in [0.1, 0.15) is 0 Å². The molecule has 19 heavy (non-hydrogen) atoms. The van der Waals surface area contributed by atoms with Crippen LogP contribution in [0.15, 0.2) is 42.5 Å². The van der Waals surface area contributed by atoms with Crippen molar-refractivity contribution < 1.29 is 9.53 Å². The molecule has 0 aliphatic carbocycles. The summed E-state index contributed by atoms with van der Waals surface area (Å²) in [6, 6.07) is 13.1. The molecule has 0 aromatic heterocycles. The molecule has 0 bridgehead atoms. The highest BCUT2D eigenvalue weighted by molar-refractivity contribution is 5.96. The quantitative estimate of drug-likeness (QED) is 0.637. The van der Waals surface area contributed by atoms with Gasteiger partial charge in [-0.1, -0.05) is 26.0 Å². The summed E-state index contributed by atoms with van der Waals surface area (Å²) in [7, 11) is 0. The molecule has 0 atom stereocenters. The van der Waals surface area contributed by atoms with E-state index in [0.717, 1.165) is 22.9 Å². The van der Waals surface area contributed by atoms with Gasteiger partial charge in [-0.2, -0.15) is 0 Å². The van der Waals surface area contributed by atoms with Crippen LogP contribution in [0.4, 0.5) is 11.4 Å². The Labute approximate surface area is 113 Å². The van der Waals surface area contributed by atoms with E-state index in [1.807, 2.05) is 50.2 Å².